The van der Waals surface area contributed by atoms with Crippen LogP contribution >= 0.6 is 0 Å². The monoisotopic (exact) mass is 151 g/mol. The quantitative estimate of drug-likeness (QED) is 0.710. The van der Waals surface area contributed by atoms with Crippen molar-refractivity contribution in [1.82, 2.24) is 4.98 Å². The van der Waals surface area contributed by atoms with Crippen LogP contribution < -0.4 is 0 Å². The van der Waals surface area contributed by atoms with Gasteiger partial charge in [0, 0.05) is 5.69 Å². The van der Waals surface area contributed by atoms with E-state index in [4.69, 9.17) is 5.11 Å². The number of aliphatic hydroxyl groups excluding tert-OH is 1. The fourth-order valence-electron chi connectivity index (χ4n) is 1.01. The van der Waals surface area contributed by atoms with Crippen LogP contribution in [0.1, 0.15) is 24.7 Å². The van der Waals surface area contributed by atoms with Crippen LogP contribution in [0.25, 0.3) is 0 Å². The van der Waals surface area contributed by atoms with E-state index in [1.165, 1.54) is 0 Å². The first kappa shape index (κ1) is 8.21. The van der Waals surface area contributed by atoms with E-state index in [0.29, 0.717) is 0 Å². The fourth-order valence-corrected chi connectivity index (χ4v) is 1.01. The molecule has 0 fully saturated rings. The molecule has 60 valence electrons. The highest BCUT2D eigenvalue weighted by atomic mass is 16.3. The van der Waals surface area contributed by atoms with Crippen LogP contribution in [0.5, 0.6) is 0 Å². The van der Waals surface area contributed by atoms with E-state index >= 15 is 0 Å². The number of hydrogen-bond acceptors (Lipinski definition) is 2. The molecule has 2 heteroatoms. The molecule has 0 aliphatic carbocycles. The molecule has 0 aliphatic rings. The van der Waals surface area contributed by atoms with Gasteiger partial charge in [0.2, 0.25) is 0 Å². The first-order valence-electron chi connectivity index (χ1n) is 3.92. The van der Waals surface area contributed by atoms with Gasteiger partial charge in [-0.2, -0.15) is 0 Å². The zero-order chi connectivity index (χ0) is 8.10. The van der Waals surface area contributed by atoms with Crippen LogP contribution in [0, 0.1) is 0 Å². The predicted octanol–water partition coefficient (Wildman–Crippen LogP) is 1.53. The predicted molar refractivity (Wildman–Crippen MR) is 44.2 cm³/mol. The molecule has 2 nitrogen and oxygen atoms in total. The number of rotatable bonds is 3. The Kier molecular flexibility index (Phi) is 3.05. The standard InChI is InChI=1S/C9H13NO/c1-2-4-8-5-3-6-9(7-11)10-8/h3,5-6,11H,2,4,7H2,1H3. The molecular weight excluding hydrogens is 138 g/mol. The van der Waals surface area contributed by atoms with Crippen LogP contribution in [-0.2, 0) is 13.0 Å². The van der Waals surface area contributed by atoms with Crippen molar-refractivity contribution < 1.29 is 5.11 Å². The summed E-state index contributed by atoms with van der Waals surface area (Å²) in [5.74, 6) is 0. The second kappa shape index (κ2) is 4.09. The van der Waals surface area contributed by atoms with E-state index in [-0.39, 0.29) is 6.61 Å². The Morgan fingerprint density at radius 3 is 2.73 bits per heavy atom. The van der Waals surface area contributed by atoms with Crippen molar-refractivity contribution in [2.24, 2.45) is 0 Å². The summed E-state index contributed by atoms with van der Waals surface area (Å²) < 4.78 is 0. The Morgan fingerprint density at radius 2 is 2.09 bits per heavy atom. The summed E-state index contributed by atoms with van der Waals surface area (Å²) in [4.78, 5) is 4.23. The maximum atomic E-state index is 8.77. The Morgan fingerprint density at radius 1 is 1.36 bits per heavy atom. The fraction of sp³-hybridized carbons (Fsp3) is 0.444. The minimum atomic E-state index is 0.0392. The highest BCUT2D eigenvalue weighted by molar-refractivity contribution is 5.10. The molecule has 0 saturated carbocycles. The molecule has 1 N–H and O–H groups in total. The van der Waals surface area contributed by atoms with Crippen LogP contribution in [0.3, 0.4) is 0 Å². The molecule has 0 bridgehead atoms. The van der Waals surface area contributed by atoms with E-state index in [2.05, 4.69) is 11.9 Å². The Bertz CT molecular complexity index is 223. The van der Waals surface area contributed by atoms with Gasteiger partial charge < -0.3 is 5.11 Å². The molecule has 0 aromatic carbocycles. The number of aromatic nitrogens is 1. The summed E-state index contributed by atoms with van der Waals surface area (Å²) in [6.45, 7) is 2.16. The van der Waals surface area contributed by atoms with Crippen LogP contribution in [0.4, 0.5) is 0 Å². The van der Waals surface area contributed by atoms with Crippen molar-refractivity contribution in [2.45, 2.75) is 26.4 Å². The highest BCUT2D eigenvalue weighted by Crippen LogP contribution is 2.01. The molecule has 0 amide bonds. The lowest BCUT2D eigenvalue weighted by Crippen LogP contribution is -1.94. The minimum Gasteiger partial charge on any atom is -0.390 e. The Hall–Kier alpha value is -0.890. The number of aliphatic hydroxyl groups is 1. The summed E-state index contributed by atoms with van der Waals surface area (Å²) in [7, 11) is 0. The second-order valence-corrected chi connectivity index (χ2v) is 2.53. The number of aryl methyl sites for hydroxylation is 1. The molecule has 1 aromatic rings. The van der Waals surface area contributed by atoms with Gasteiger partial charge in [0.25, 0.3) is 0 Å². The molecule has 1 aromatic heterocycles. The summed E-state index contributed by atoms with van der Waals surface area (Å²) in [5.41, 5.74) is 1.83. The van der Waals surface area contributed by atoms with Crippen molar-refractivity contribution in [3.05, 3.63) is 29.6 Å². The van der Waals surface area contributed by atoms with E-state index in [1.807, 2.05) is 18.2 Å². The SMILES string of the molecule is CCCc1cccc(CO)n1. The van der Waals surface area contributed by atoms with E-state index < -0.39 is 0 Å². The third kappa shape index (κ3) is 2.31. The number of nitrogens with zero attached hydrogens (tertiary/aromatic N) is 1. The maximum Gasteiger partial charge on any atom is 0.0853 e. The third-order valence-corrected chi connectivity index (χ3v) is 1.53. The molecule has 11 heavy (non-hydrogen) atoms. The van der Waals surface area contributed by atoms with Crippen LogP contribution in [-0.4, -0.2) is 10.1 Å². The molecule has 0 spiro atoms. The number of hydrogen-bond donors (Lipinski definition) is 1. The molecule has 0 aliphatic heterocycles. The Balaban J connectivity index is 2.74. The van der Waals surface area contributed by atoms with Crippen molar-refractivity contribution in [3.63, 3.8) is 0 Å². The summed E-state index contributed by atoms with van der Waals surface area (Å²) >= 11 is 0. The largest absolute Gasteiger partial charge is 0.390 e. The topological polar surface area (TPSA) is 33.1 Å². The zero-order valence-corrected chi connectivity index (χ0v) is 6.75. The smallest absolute Gasteiger partial charge is 0.0853 e. The van der Waals surface area contributed by atoms with Crippen molar-refractivity contribution in [1.29, 1.82) is 0 Å². The molecule has 0 saturated heterocycles. The maximum absolute atomic E-state index is 8.77. The van der Waals surface area contributed by atoms with Gasteiger partial charge in [0.15, 0.2) is 0 Å². The lowest BCUT2D eigenvalue weighted by Gasteiger charge is -1.99. The van der Waals surface area contributed by atoms with Gasteiger partial charge in [-0.1, -0.05) is 19.4 Å². The third-order valence-electron chi connectivity index (χ3n) is 1.53. The highest BCUT2D eigenvalue weighted by Gasteiger charge is 1.94. The minimum absolute atomic E-state index is 0.0392. The van der Waals surface area contributed by atoms with Gasteiger partial charge in [0.05, 0.1) is 12.3 Å². The van der Waals surface area contributed by atoms with Crippen molar-refractivity contribution in [3.8, 4) is 0 Å². The summed E-state index contributed by atoms with van der Waals surface area (Å²) in [6.07, 6.45) is 2.09. The molecule has 0 atom stereocenters. The molecular formula is C9H13NO. The molecule has 1 rings (SSSR count). The van der Waals surface area contributed by atoms with Crippen LogP contribution in [0.2, 0.25) is 0 Å². The van der Waals surface area contributed by atoms with E-state index in [1.54, 1.807) is 0 Å². The van der Waals surface area contributed by atoms with Gasteiger partial charge >= 0.3 is 0 Å². The first-order chi connectivity index (χ1) is 5.36. The molecule has 0 unspecified atom stereocenters. The summed E-state index contributed by atoms with van der Waals surface area (Å²) in [6, 6.07) is 5.76. The molecule has 0 radical (unpaired) electrons. The van der Waals surface area contributed by atoms with Gasteiger partial charge in [-0.3, -0.25) is 4.98 Å². The Labute approximate surface area is 66.9 Å². The van der Waals surface area contributed by atoms with Gasteiger partial charge in [-0.15, -0.1) is 0 Å². The van der Waals surface area contributed by atoms with Crippen LogP contribution in [0.15, 0.2) is 18.2 Å². The van der Waals surface area contributed by atoms with Gasteiger partial charge in [-0.05, 0) is 18.6 Å². The van der Waals surface area contributed by atoms with E-state index in [9.17, 15) is 0 Å². The zero-order valence-electron chi connectivity index (χ0n) is 6.75. The molecule has 1 heterocycles. The summed E-state index contributed by atoms with van der Waals surface area (Å²) in [5, 5.41) is 8.77. The second-order valence-electron chi connectivity index (χ2n) is 2.53. The van der Waals surface area contributed by atoms with Gasteiger partial charge in [-0.25, -0.2) is 0 Å². The average Bonchev–Trinajstić information content (AvgIpc) is 2.06. The van der Waals surface area contributed by atoms with E-state index in [0.717, 1.165) is 24.2 Å². The normalized spacial score (nSPS) is 10.0. The van der Waals surface area contributed by atoms with Crippen molar-refractivity contribution >= 4 is 0 Å². The lowest BCUT2D eigenvalue weighted by molar-refractivity contribution is 0.276. The number of pyridine rings is 1. The lowest BCUT2D eigenvalue weighted by atomic mass is 10.2. The van der Waals surface area contributed by atoms with Crippen molar-refractivity contribution in [2.75, 3.05) is 0 Å². The van der Waals surface area contributed by atoms with Gasteiger partial charge in [0.1, 0.15) is 0 Å². The average molecular weight is 151 g/mol. The first-order valence-corrected chi connectivity index (χ1v) is 3.92.